The van der Waals surface area contributed by atoms with Crippen molar-refractivity contribution in [3.8, 4) is 0 Å². The third kappa shape index (κ3) is 4.18. The number of benzene rings is 1. The van der Waals surface area contributed by atoms with Gasteiger partial charge < -0.3 is 0 Å². The van der Waals surface area contributed by atoms with Gasteiger partial charge in [-0.2, -0.15) is 0 Å². The minimum Gasteiger partial charge on any atom is -0.282 e. The van der Waals surface area contributed by atoms with Crippen LogP contribution in [0.3, 0.4) is 0 Å². The topological polar surface area (TPSA) is 46.2 Å². The Morgan fingerprint density at radius 1 is 1.40 bits per heavy atom. The SMILES string of the molecule is O=S(=O)(CCCl)Nc1cc(Cl)ccc1Br. The van der Waals surface area contributed by atoms with Gasteiger partial charge in [0.2, 0.25) is 10.0 Å². The highest BCUT2D eigenvalue weighted by atomic mass is 79.9. The summed E-state index contributed by atoms with van der Waals surface area (Å²) in [6.07, 6.45) is 0. The summed E-state index contributed by atoms with van der Waals surface area (Å²) in [7, 11) is -3.39. The lowest BCUT2D eigenvalue weighted by Gasteiger charge is -2.08. The average Bonchev–Trinajstić information content (AvgIpc) is 2.10. The maximum Gasteiger partial charge on any atom is 0.233 e. The Balaban J connectivity index is 2.94. The quantitative estimate of drug-likeness (QED) is 0.861. The molecular weight excluding hydrogens is 325 g/mol. The van der Waals surface area contributed by atoms with E-state index in [1.807, 2.05) is 0 Å². The molecule has 0 heterocycles. The molecule has 0 aromatic heterocycles. The summed E-state index contributed by atoms with van der Waals surface area (Å²) in [4.78, 5) is 0. The summed E-state index contributed by atoms with van der Waals surface area (Å²) in [5.74, 6) is -0.0823. The first-order valence-electron chi connectivity index (χ1n) is 3.96. The largest absolute Gasteiger partial charge is 0.282 e. The van der Waals surface area contributed by atoms with Crippen LogP contribution in [-0.2, 0) is 10.0 Å². The van der Waals surface area contributed by atoms with Crippen molar-refractivity contribution in [3.05, 3.63) is 27.7 Å². The molecule has 1 aromatic rings. The second-order valence-corrected chi connectivity index (χ2v) is 6.24. The molecule has 0 fully saturated rings. The molecule has 0 aliphatic carbocycles. The smallest absolute Gasteiger partial charge is 0.233 e. The van der Waals surface area contributed by atoms with E-state index < -0.39 is 10.0 Å². The molecule has 1 aromatic carbocycles. The van der Waals surface area contributed by atoms with Crippen LogP contribution >= 0.6 is 39.1 Å². The molecule has 1 N–H and O–H groups in total. The van der Waals surface area contributed by atoms with E-state index in [0.717, 1.165) is 0 Å². The van der Waals surface area contributed by atoms with E-state index >= 15 is 0 Å². The zero-order valence-corrected chi connectivity index (χ0v) is 11.4. The van der Waals surface area contributed by atoms with Crippen molar-refractivity contribution in [1.29, 1.82) is 0 Å². The zero-order valence-electron chi connectivity index (χ0n) is 7.50. The fraction of sp³-hybridized carbons (Fsp3) is 0.250. The number of halogens is 3. The summed E-state index contributed by atoms with van der Waals surface area (Å²) >= 11 is 14.3. The normalized spacial score (nSPS) is 11.4. The van der Waals surface area contributed by atoms with Crippen molar-refractivity contribution in [3.63, 3.8) is 0 Å². The molecule has 0 amide bonds. The van der Waals surface area contributed by atoms with Crippen LogP contribution in [0.15, 0.2) is 22.7 Å². The van der Waals surface area contributed by atoms with E-state index in [-0.39, 0.29) is 11.6 Å². The molecule has 3 nitrogen and oxygen atoms in total. The predicted molar refractivity (Wildman–Crippen MR) is 67.3 cm³/mol. The van der Waals surface area contributed by atoms with Gasteiger partial charge in [0.25, 0.3) is 0 Å². The van der Waals surface area contributed by atoms with Crippen molar-refractivity contribution < 1.29 is 8.42 Å². The van der Waals surface area contributed by atoms with Crippen LogP contribution in [0.1, 0.15) is 0 Å². The van der Waals surface area contributed by atoms with Crippen LogP contribution in [-0.4, -0.2) is 20.1 Å². The summed E-state index contributed by atoms with van der Waals surface area (Å²) in [6, 6.07) is 4.85. The van der Waals surface area contributed by atoms with Gasteiger partial charge in [0.05, 0.1) is 11.4 Å². The van der Waals surface area contributed by atoms with E-state index in [2.05, 4.69) is 20.7 Å². The first-order valence-corrected chi connectivity index (χ1v) is 7.32. The van der Waals surface area contributed by atoms with E-state index in [1.54, 1.807) is 12.1 Å². The molecule has 0 saturated heterocycles. The van der Waals surface area contributed by atoms with Gasteiger partial charge in [-0.3, -0.25) is 4.72 Å². The fourth-order valence-corrected chi connectivity index (χ4v) is 2.96. The highest BCUT2D eigenvalue weighted by Crippen LogP contribution is 2.26. The molecule has 1 rings (SSSR count). The number of nitrogens with one attached hydrogen (secondary N) is 1. The Kier molecular flexibility index (Phi) is 4.70. The number of rotatable bonds is 4. The maximum absolute atomic E-state index is 11.4. The minimum atomic E-state index is -3.39. The van der Waals surface area contributed by atoms with Crippen molar-refractivity contribution in [2.75, 3.05) is 16.4 Å². The third-order valence-electron chi connectivity index (χ3n) is 1.54. The average molecular weight is 333 g/mol. The Labute approximate surface area is 107 Å². The van der Waals surface area contributed by atoms with Gasteiger partial charge in [-0.1, -0.05) is 11.6 Å². The Morgan fingerprint density at radius 3 is 2.67 bits per heavy atom. The molecule has 0 spiro atoms. The maximum atomic E-state index is 11.4. The molecule has 0 atom stereocenters. The first-order chi connectivity index (χ1) is 6.94. The number of hydrogen-bond donors (Lipinski definition) is 1. The van der Waals surface area contributed by atoms with Crippen molar-refractivity contribution in [2.24, 2.45) is 0 Å². The van der Waals surface area contributed by atoms with E-state index in [0.29, 0.717) is 15.2 Å². The standard InChI is InChI=1S/C8H8BrCl2NO2S/c9-7-2-1-6(11)5-8(7)12-15(13,14)4-3-10/h1-2,5,12H,3-4H2. The molecule has 0 unspecified atom stereocenters. The summed E-state index contributed by atoms with van der Waals surface area (Å²) in [5, 5.41) is 0.460. The molecule has 7 heteroatoms. The number of anilines is 1. The highest BCUT2D eigenvalue weighted by Gasteiger charge is 2.11. The lowest BCUT2D eigenvalue weighted by molar-refractivity contribution is 0.602. The predicted octanol–water partition coefficient (Wildman–Crippen LogP) is 3.08. The van der Waals surface area contributed by atoms with E-state index in [4.69, 9.17) is 23.2 Å². The fourth-order valence-electron chi connectivity index (χ4n) is 0.896. The first kappa shape index (κ1) is 13.1. The van der Waals surface area contributed by atoms with Crippen LogP contribution < -0.4 is 4.72 Å². The summed E-state index contributed by atoms with van der Waals surface area (Å²) < 4.78 is 25.8. The van der Waals surface area contributed by atoms with Gasteiger partial charge in [0, 0.05) is 15.4 Å². The van der Waals surface area contributed by atoms with E-state index in [9.17, 15) is 8.42 Å². The Bertz CT molecular complexity index is 450. The van der Waals surface area contributed by atoms with Gasteiger partial charge >= 0.3 is 0 Å². The minimum absolute atomic E-state index is 0.0491. The molecule has 84 valence electrons. The number of alkyl halides is 1. The molecule has 0 saturated carbocycles. The van der Waals surface area contributed by atoms with Crippen LogP contribution in [0.25, 0.3) is 0 Å². The summed E-state index contributed by atoms with van der Waals surface area (Å²) in [6.45, 7) is 0. The molecular formula is C8H8BrCl2NO2S. The molecule has 0 aliphatic rings. The van der Waals surface area contributed by atoms with Crippen LogP contribution in [0.4, 0.5) is 5.69 Å². The summed E-state index contributed by atoms with van der Waals surface area (Å²) in [5.41, 5.74) is 0.410. The zero-order chi connectivity index (χ0) is 11.5. The van der Waals surface area contributed by atoms with Crippen molar-refractivity contribution in [1.82, 2.24) is 0 Å². The highest BCUT2D eigenvalue weighted by molar-refractivity contribution is 9.10. The molecule has 0 radical (unpaired) electrons. The van der Waals surface area contributed by atoms with Crippen molar-refractivity contribution >= 4 is 54.8 Å². The number of sulfonamides is 1. The van der Waals surface area contributed by atoms with Gasteiger partial charge in [-0.05, 0) is 34.1 Å². The Hall–Kier alpha value is 0.0300. The molecule has 15 heavy (non-hydrogen) atoms. The van der Waals surface area contributed by atoms with Gasteiger partial charge in [-0.15, -0.1) is 11.6 Å². The Morgan fingerprint density at radius 2 is 2.07 bits per heavy atom. The van der Waals surface area contributed by atoms with Gasteiger partial charge in [0.1, 0.15) is 0 Å². The lowest BCUT2D eigenvalue weighted by Crippen LogP contribution is -2.17. The van der Waals surface area contributed by atoms with Crippen LogP contribution in [0.2, 0.25) is 5.02 Å². The van der Waals surface area contributed by atoms with E-state index in [1.165, 1.54) is 6.07 Å². The van der Waals surface area contributed by atoms with Crippen molar-refractivity contribution in [2.45, 2.75) is 0 Å². The van der Waals surface area contributed by atoms with Gasteiger partial charge in [0.15, 0.2) is 0 Å². The molecule has 0 bridgehead atoms. The molecule has 0 aliphatic heterocycles. The lowest BCUT2D eigenvalue weighted by atomic mass is 10.3. The monoisotopic (exact) mass is 331 g/mol. The van der Waals surface area contributed by atoms with Gasteiger partial charge in [-0.25, -0.2) is 8.42 Å². The number of hydrogen-bond acceptors (Lipinski definition) is 2. The van der Waals surface area contributed by atoms with Crippen LogP contribution in [0.5, 0.6) is 0 Å². The van der Waals surface area contributed by atoms with Crippen LogP contribution in [0, 0.1) is 0 Å². The second-order valence-electron chi connectivity index (χ2n) is 2.73. The third-order valence-corrected chi connectivity index (χ3v) is 4.15. The second kappa shape index (κ2) is 5.39.